The highest BCUT2D eigenvalue weighted by Gasteiger charge is 2.28. The molecule has 1 aromatic heterocycles. The number of hydrogen-bond donors (Lipinski definition) is 0. The summed E-state index contributed by atoms with van der Waals surface area (Å²) in [6.45, 7) is 1.65. The number of rotatable bonds is 4. The maximum atomic E-state index is 11.0. The van der Waals surface area contributed by atoms with E-state index in [1.165, 1.54) is 29.7 Å². The van der Waals surface area contributed by atoms with Crippen LogP contribution in [0.1, 0.15) is 43.5 Å². The van der Waals surface area contributed by atoms with Crippen molar-refractivity contribution in [3.63, 3.8) is 0 Å². The quantitative estimate of drug-likeness (QED) is 0.826. The molecule has 1 saturated carbocycles. The van der Waals surface area contributed by atoms with Crippen LogP contribution in [0.3, 0.4) is 0 Å². The molecular weight excluding hydrogens is 224 g/mol. The number of carbonyl (C=O) groups excluding carboxylic acids is 1. The lowest BCUT2D eigenvalue weighted by Crippen LogP contribution is -1.96. The van der Waals surface area contributed by atoms with E-state index >= 15 is 0 Å². The molecule has 18 heavy (non-hydrogen) atoms. The Morgan fingerprint density at radius 1 is 1.44 bits per heavy atom. The number of hydrogen-bond acceptors (Lipinski definition) is 2. The van der Waals surface area contributed by atoms with Crippen molar-refractivity contribution in [3.8, 4) is 0 Å². The molecule has 1 fully saturated rings. The van der Waals surface area contributed by atoms with Crippen molar-refractivity contribution in [3.05, 3.63) is 29.6 Å². The normalized spacial score (nSPS) is 15.2. The van der Waals surface area contributed by atoms with Crippen LogP contribution in [0.15, 0.2) is 18.2 Å². The van der Waals surface area contributed by atoms with Crippen molar-refractivity contribution in [1.29, 1.82) is 0 Å². The number of benzene rings is 1. The first-order valence-corrected chi connectivity index (χ1v) is 6.60. The predicted octanol–water partition coefficient (Wildman–Crippen LogP) is 2.97. The Morgan fingerprint density at radius 2 is 2.22 bits per heavy atom. The number of ketones is 1. The predicted molar refractivity (Wildman–Crippen MR) is 71.7 cm³/mol. The van der Waals surface area contributed by atoms with Gasteiger partial charge in [0.2, 0.25) is 0 Å². The molecule has 0 amide bonds. The van der Waals surface area contributed by atoms with Crippen LogP contribution in [-0.4, -0.2) is 15.3 Å². The van der Waals surface area contributed by atoms with Gasteiger partial charge in [-0.2, -0.15) is 0 Å². The molecule has 1 aliphatic carbocycles. The lowest BCUT2D eigenvalue weighted by atomic mass is 10.1. The minimum atomic E-state index is 0.249. The van der Waals surface area contributed by atoms with E-state index in [1.807, 2.05) is 0 Å². The van der Waals surface area contributed by atoms with Crippen molar-refractivity contribution in [2.45, 2.75) is 38.5 Å². The summed E-state index contributed by atoms with van der Waals surface area (Å²) in [5, 5.41) is 0. The monoisotopic (exact) mass is 242 g/mol. The lowest BCUT2D eigenvalue weighted by molar-refractivity contribution is -0.116. The fraction of sp³-hybridized carbons (Fsp3) is 0.467. The Bertz CT molecular complexity index is 608. The minimum Gasteiger partial charge on any atom is -0.331 e. The number of fused-ring (bicyclic) bond motifs is 1. The molecule has 0 unspecified atom stereocenters. The zero-order chi connectivity index (χ0) is 12.7. The first-order chi connectivity index (χ1) is 8.65. The summed E-state index contributed by atoms with van der Waals surface area (Å²) in [5.41, 5.74) is 3.49. The van der Waals surface area contributed by atoms with Crippen LogP contribution in [0.25, 0.3) is 11.0 Å². The maximum Gasteiger partial charge on any atom is 0.130 e. The van der Waals surface area contributed by atoms with Crippen molar-refractivity contribution < 1.29 is 4.79 Å². The van der Waals surface area contributed by atoms with Crippen LogP contribution < -0.4 is 0 Å². The second-order valence-corrected chi connectivity index (χ2v) is 5.33. The summed E-state index contributed by atoms with van der Waals surface area (Å²) in [6.07, 6.45) is 4.00. The molecule has 0 atom stereocenters. The van der Waals surface area contributed by atoms with E-state index in [2.05, 4.69) is 29.8 Å². The number of imidazole rings is 1. The smallest absolute Gasteiger partial charge is 0.130 e. The summed E-state index contributed by atoms with van der Waals surface area (Å²) >= 11 is 0. The highest BCUT2D eigenvalue weighted by Crippen LogP contribution is 2.40. The number of nitrogens with zero attached hydrogens (tertiary/aromatic N) is 2. The lowest BCUT2D eigenvalue weighted by Gasteiger charge is -2.02. The van der Waals surface area contributed by atoms with E-state index < -0.39 is 0 Å². The molecule has 94 valence electrons. The van der Waals surface area contributed by atoms with Crippen molar-refractivity contribution in [2.75, 3.05) is 0 Å². The largest absolute Gasteiger partial charge is 0.331 e. The Hall–Kier alpha value is -1.64. The van der Waals surface area contributed by atoms with E-state index in [-0.39, 0.29) is 5.78 Å². The molecule has 0 aliphatic heterocycles. The zero-order valence-electron chi connectivity index (χ0n) is 10.9. The van der Waals surface area contributed by atoms with Gasteiger partial charge in [-0.15, -0.1) is 0 Å². The van der Waals surface area contributed by atoms with E-state index in [1.54, 1.807) is 6.92 Å². The summed E-state index contributed by atoms with van der Waals surface area (Å²) < 4.78 is 2.21. The van der Waals surface area contributed by atoms with E-state index in [0.29, 0.717) is 12.3 Å². The van der Waals surface area contributed by atoms with Gasteiger partial charge in [-0.05, 0) is 43.9 Å². The van der Waals surface area contributed by atoms with E-state index in [4.69, 9.17) is 4.98 Å². The summed E-state index contributed by atoms with van der Waals surface area (Å²) in [6, 6.07) is 6.35. The molecule has 0 bridgehead atoms. The van der Waals surface area contributed by atoms with Gasteiger partial charge < -0.3 is 9.36 Å². The average Bonchev–Trinajstić information content (AvgIpc) is 3.13. The van der Waals surface area contributed by atoms with Gasteiger partial charge in [0.15, 0.2) is 0 Å². The fourth-order valence-corrected chi connectivity index (χ4v) is 2.44. The molecule has 1 aromatic carbocycles. The van der Waals surface area contributed by atoms with Crippen LogP contribution in [0, 0.1) is 0 Å². The third-order valence-corrected chi connectivity index (χ3v) is 3.69. The van der Waals surface area contributed by atoms with Crippen LogP contribution >= 0.6 is 0 Å². The van der Waals surface area contributed by atoms with Gasteiger partial charge >= 0.3 is 0 Å². The summed E-state index contributed by atoms with van der Waals surface area (Å²) in [5.74, 6) is 2.13. The molecule has 1 heterocycles. The Kier molecular flexibility index (Phi) is 2.69. The third-order valence-electron chi connectivity index (χ3n) is 3.69. The Morgan fingerprint density at radius 3 is 2.89 bits per heavy atom. The number of aromatic nitrogens is 2. The zero-order valence-corrected chi connectivity index (χ0v) is 10.9. The second kappa shape index (κ2) is 4.23. The van der Waals surface area contributed by atoms with Crippen LogP contribution in [-0.2, 0) is 18.3 Å². The first-order valence-electron chi connectivity index (χ1n) is 6.60. The van der Waals surface area contributed by atoms with Gasteiger partial charge in [0.1, 0.15) is 11.6 Å². The number of Topliss-reactive ketones (excluding diaryl/α,β-unsaturated/α-hetero) is 1. The van der Waals surface area contributed by atoms with Crippen LogP contribution in [0.4, 0.5) is 0 Å². The molecule has 1 aliphatic rings. The highest BCUT2D eigenvalue weighted by atomic mass is 16.1. The Balaban J connectivity index is 1.95. The summed E-state index contributed by atoms with van der Waals surface area (Å²) in [7, 11) is 2.09. The van der Waals surface area contributed by atoms with Gasteiger partial charge in [0, 0.05) is 19.4 Å². The fourth-order valence-electron chi connectivity index (χ4n) is 2.44. The molecule has 0 saturated heterocycles. The minimum absolute atomic E-state index is 0.249. The molecule has 2 aromatic rings. The van der Waals surface area contributed by atoms with E-state index in [9.17, 15) is 4.79 Å². The maximum absolute atomic E-state index is 11.0. The molecule has 0 N–H and O–H groups in total. The second-order valence-electron chi connectivity index (χ2n) is 5.33. The molecule has 0 spiro atoms. The number of carbonyl (C=O) groups is 1. The van der Waals surface area contributed by atoms with Gasteiger partial charge in [0.25, 0.3) is 0 Å². The Labute approximate surface area is 107 Å². The van der Waals surface area contributed by atoms with Crippen LogP contribution in [0.2, 0.25) is 0 Å². The van der Waals surface area contributed by atoms with Gasteiger partial charge in [0.05, 0.1) is 11.0 Å². The third kappa shape index (κ3) is 2.05. The van der Waals surface area contributed by atoms with Gasteiger partial charge in [-0.3, -0.25) is 0 Å². The molecule has 0 radical (unpaired) electrons. The van der Waals surface area contributed by atoms with Crippen molar-refractivity contribution in [1.82, 2.24) is 9.55 Å². The summed E-state index contributed by atoms with van der Waals surface area (Å²) in [4.78, 5) is 15.7. The van der Waals surface area contributed by atoms with Crippen molar-refractivity contribution in [2.24, 2.45) is 7.05 Å². The van der Waals surface area contributed by atoms with Gasteiger partial charge in [-0.1, -0.05) is 6.07 Å². The molecular formula is C15H18N2O. The van der Waals surface area contributed by atoms with Crippen molar-refractivity contribution >= 4 is 16.8 Å². The average molecular weight is 242 g/mol. The highest BCUT2D eigenvalue weighted by molar-refractivity contribution is 5.78. The van der Waals surface area contributed by atoms with E-state index in [0.717, 1.165) is 11.9 Å². The first kappa shape index (κ1) is 11.5. The molecule has 3 heteroatoms. The molecule has 3 nitrogen and oxygen atoms in total. The standard InChI is InChI=1S/C15H18N2O/c1-10(18)3-4-11-5-8-13-14(9-11)17(2)15(16-13)12-6-7-12/h5,8-9,12H,3-4,6-7H2,1-2H3. The van der Waals surface area contributed by atoms with Gasteiger partial charge in [-0.25, -0.2) is 4.98 Å². The van der Waals surface area contributed by atoms with Crippen LogP contribution in [0.5, 0.6) is 0 Å². The topological polar surface area (TPSA) is 34.9 Å². The SMILES string of the molecule is CC(=O)CCc1ccc2nc(C3CC3)n(C)c2c1. The number of aryl methyl sites for hydroxylation is 2. The molecule has 3 rings (SSSR count).